The van der Waals surface area contributed by atoms with Crippen molar-refractivity contribution in [1.29, 1.82) is 0 Å². The van der Waals surface area contributed by atoms with E-state index in [0.717, 1.165) is 6.54 Å². The van der Waals surface area contributed by atoms with Crippen LogP contribution in [0.1, 0.15) is 48.2 Å². The monoisotopic (exact) mass is 364 g/mol. The van der Waals surface area contributed by atoms with Crippen molar-refractivity contribution in [2.45, 2.75) is 44.6 Å². The van der Waals surface area contributed by atoms with E-state index in [1.165, 1.54) is 43.4 Å². The molecule has 0 aromatic carbocycles. The molecule has 1 saturated heterocycles. The maximum Gasteiger partial charge on any atom is 0.265 e. The normalized spacial score (nSPS) is 23.8. The third kappa shape index (κ3) is 3.61. The average molecular weight is 364 g/mol. The fourth-order valence-corrected chi connectivity index (χ4v) is 4.83. The summed E-state index contributed by atoms with van der Waals surface area (Å²) in [5.41, 5.74) is 0. The highest BCUT2D eigenvalue weighted by Gasteiger charge is 2.33. The van der Waals surface area contributed by atoms with Gasteiger partial charge >= 0.3 is 0 Å². The Labute approximate surface area is 151 Å². The molecule has 0 bridgehead atoms. The molecule has 1 aliphatic carbocycles. The third-order valence-electron chi connectivity index (χ3n) is 5.26. The molecule has 1 atom stereocenters. The van der Waals surface area contributed by atoms with Crippen molar-refractivity contribution in [3.05, 3.63) is 10.3 Å². The van der Waals surface area contributed by atoms with Gasteiger partial charge in [0, 0.05) is 24.9 Å². The van der Waals surface area contributed by atoms with Crippen molar-refractivity contribution in [2.75, 3.05) is 26.3 Å². The Kier molecular flexibility index (Phi) is 4.83. The number of amides is 2. The summed E-state index contributed by atoms with van der Waals surface area (Å²) in [6.07, 6.45) is 6.71. The number of fused-ring (bicyclic) bond motifs is 1. The first-order valence-corrected chi connectivity index (χ1v) is 10.0. The number of nitrogens with zero attached hydrogens (tertiary/aromatic N) is 1. The van der Waals surface area contributed by atoms with Crippen molar-refractivity contribution in [2.24, 2.45) is 5.92 Å². The molecule has 2 aliphatic heterocycles. The summed E-state index contributed by atoms with van der Waals surface area (Å²) in [4.78, 5) is 27.3. The molecule has 4 rings (SSSR count). The van der Waals surface area contributed by atoms with Gasteiger partial charge < -0.3 is 19.7 Å². The maximum absolute atomic E-state index is 12.6. The van der Waals surface area contributed by atoms with Gasteiger partial charge in [-0.05, 0) is 18.8 Å². The quantitative estimate of drug-likeness (QED) is 0.891. The number of carbonyl (C=O) groups is 2. The minimum Gasteiger partial charge on any atom is -0.485 e. The van der Waals surface area contributed by atoms with Crippen molar-refractivity contribution in [3.8, 4) is 11.5 Å². The fourth-order valence-electron chi connectivity index (χ4n) is 4.00. The number of ether oxygens (including phenoxy) is 2. The van der Waals surface area contributed by atoms with Crippen molar-refractivity contribution < 1.29 is 19.1 Å². The van der Waals surface area contributed by atoms with E-state index < -0.39 is 0 Å². The van der Waals surface area contributed by atoms with E-state index in [-0.39, 0.29) is 17.9 Å². The zero-order valence-electron chi connectivity index (χ0n) is 14.3. The van der Waals surface area contributed by atoms with Crippen LogP contribution in [-0.4, -0.2) is 49.1 Å². The fraction of sp³-hybridized carbons (Fsp3) is 0.667. The molecule has 1 aromatic heterocycles. The number of hydrogen-bond acceptors (Lipinski definition) is 5. The minimum atomic E-state index is -0.172. The highest BCUT2D eigenvalue weighted by molar-refractivity contribution is 7.12. The molecule has 2 amide bonds. The van der Waals surface area contributed by atoms with Crippen LogP contribution in [0.3, 0.4) is 0 Å². The molecule has 1 saturated carbocycles. The molecule has 3 heterocycles. The lowest BCUT2D eigenvalue weighted by Crippen LogP contribution is -2.38. The summed E-state index contributed by atoms with van der Waals surface area (Å²) in [7, 11) is 0. The molecule has 25 heavy (non-hydrogen) atoms. The van der Waals surface area contributed by atoms with Gasteiger partial charge in [-0.15, -0.1) is 11.3 Å². The van der Waals surface area contributed by atoms with E-state index >= 15 is 0 Å². The van der Waals surface area contributed by atoms with Gasteiger partial charge in [0.1, 0.15) is 18.1 Å². The molecule has 1 N–H and O–H groups in total. The number of hydrogen-bond donors (Lipinski definition) is 1. The zero-order valence-corrected chi connectivity index (χ0v) is 15.1. The van der Waals surface area contributed by atoms with E-state index in [9.17, 15) is 9.59 Å². The molecule has 1 unspecified atom stereocenters. The van der Waals surface area contributed by atoms with Gasteiger partial charge in [0.25, 0.3) is 5.91 Å². The van der Waals surface area contributed by atoms with E-state index in [1.54, 1.807) is 5.38 Å². The van der Waals surface area contributed by atoms with Gasteiger partial charge in [0.05, 0.1) is 6.04 Å². The summed E-state index contributed by atoms with van der Waals surface area (Å²) in [5, 5.41) is 4.81. The maximum atomic E-state index is 12.6. The molecular weight excluding hydrogens is 340 g/mol. The summed E-state index contributed by atoms with van der Waals surface area (Å²) in [6.45, 7) is 2.43. The van der Waals surface area contributed by atoms with E-state index in [0.29, 0.717) is 48.5 Å². The van der Waals surface area contributed by atoms with Crippen LogP contribution >= 0.6 is 11.3 Å². The highest BCUT2D eigenvalue weighted by atomic mass is 32.1. The topological polar surface area (TPSA) is 67.9 Å². The molecule has 0 radical (unpaired) electrons. The Bertz CT molecular complexity index is 654. The van der Waals surface area contributed by atoms with Gasteiger partial charge in [0.2, 0.25) is 5.91 Å². The highest BCUT2D eigenvalue weighted by Crippen LogP contribution is 2.39. The molecule has 0 spiro atoms. The molecule has 7 heteroatoms. The van der Waals surface area contributed by atoms with Crippen LogP contribution in [0.25, 0.3) is 0 Å². The molecule has 136 valence electrons. The molecule has 6 nitrogen and oxygen atoms in total. The minimum absolute atomic E-state index is 0.120. The second kappa shape index (κ2) is 7.23. The number of thiophene rings is 1. The Morgan fingerprint density at radius 2 is 2.04 bits per heavy atom. The van der Waals surface area contributed by atoms with Crippen LogP contribution in [0.5, 0.6) is 11.5 Å². The SMILES string of the molecule is O=C(NC1CC(=O)N(CC2CCCCC2)C1)c1scc2c1OCCO2. The lowest BCUT2D eigenvalue weighted by atomic mass is 9.89. The number of carbonyl (C=O) groups excluding carboxylic acids is 2. The van der Waals surface area contributed by atoms with Gasteiger partial charge in [-0.25, -0.2) is 0 Å². The van der Waals surface area contributed by atoms with Crippen LogP contribution in [0.2, 0.25) is 0 Å². The Morgan fingerprint density at radius 3 is 2.88 bits per heavy atom. The standard InChI is InChI=1S/C18H24N2O4S/c21-15-8-13(10-20(15)9-12-4-2-1-3-5-12)19-18(22)17-16-14(11-25-17)23-6-7-24-16/h11-13H,1-10H2,(H,19,22). The van der Waals surface area contributed by atoms with Gasteiger partial charge in [0.15, 0.2) is 11.5 Å². The Morgan fingerprint density at radius 1 is 1.24 bits per heavy atom. The van der Waals surface area contributed by atoms with E-state index in [4.69, 9.17) is 9.47 Å². The smallest absolute Gasteiger partial charge is 0.265 e. The zero-order chi connectivity index (χ0) is 17.2. The van der Waals surface area contributed by atoms with Gasteiger partial charge in [-0.1, -0.05) is 19.3 Å². The van der Waals surface area contributed by atoms with E-state index in [1.807, 2.05) is 4.90 Å². The van der Waals surface area contributed by atoms with Crippen LogP contribution < -0.4 is 14.8 Å². The summed E-state index contributed by atoms with van der Waals surface area (Å²) < 4.78 is 11.1. The van der Waals surface area contributed by atoms with Gasteiger partial charge in [-0.3, -0.25) is 9.59 Å². The average Bonchev–Trinajstić information content (AvgIpc) is 3.19. The molecule has 3 aliphatic rings. The predicted octanol–water partition coefficient (Wildman–Crippen LogP) is 2.43. The first-order valence-electron chi connectivity index (χ1n) is 9.16. The number of nitrogens with one attached hydrogen (secondary N) is 1. The number of rotatable bonds is 4. The van der Waals surface area contributed by atoms with Crippen LogP contribution in [0.4, 0.5) is 0 Å². The van der Waals surface area contributed by atoms with Crippen LogP contribution in [0.15, 0.2) is 5.38 Å². The Balaban J connectivity index is 1.34. The predicted molar refractivity (Wildman–Crippen MR) is 94.3 cm³/mol. The van der Waals surface area contributed by atoms with E-state index in [2.05, 4.69) is 5.32 Å². The molecule has 1 aromatic rings. The van der Waals surface area contributed by atoms with Crippen molar-refractivity contribution in [1.82, 2.24) is 10.2 Å². The lowest BCUT2D eigenvalue weighted by molar-refractivity contribution is -0.128. The van der Waals surface area contributed by atoms with Gasteiger partial charge in [-0.2, -0.15) is 0 Å². The number of likely N-dealkylation sites (tertiary alicyclic amines) is 1. The summed E-state index contributed by atoms with van der Waals surface area (Å²) >= 11 is 1.33. The summed E-state index contributed by atoms with van der Waals surface area (Å²) in [5.74, 6) is 1.79. The first kappa shape index (κ1) is 16.7. The second-order valence-corrected chi connectivity index (χ2v) is 8.01. The molecular formula is C18H24N2O4S. The first-order chi connectivity index (χ1) is 12.2. The molecule has 2 fully saturated rings. The van der Waals surface area contributed by atoms with Crippen molar-refractivity contribution >= 4 is 23.2 Å². The summed E-state index contributed by atoms with van der Waals surface area (Å²) in [6, 6.07) is -0.120. The van der Waals surface area contributed by atoms with Crippen LogP contribution in [-0.2, 0) is 4.79 Å². The lowest BCUT2D eigenvalue weighted by Gasteiger charge is -2.27. The Hall–Kier alpha value is -1.76. The van der Waals surface area contributed by atoms with Crippen molar-refractivity contribution in [3.63, 3.8) is 0 Å². The third-order valence-corrected chi connectivity index (χ3v) is 6.20. The van der Waals surface area contributed by atoms with Crippen LogP contribution in [0, 0.1) is 5.92 Å². The second-order valence-electron chi connectivity index (χ2n) is 7.13. The largest absolute Gasteiger partial charge is 0.485 e.